The zero-order chi connectivity index (χ0) is 21.6. The maximum atomic E-state index is 14.6. The number of aromatic nitrogens is 2. The Morgan fingerprint density at radius 1 is 1.31 bits per heavy atom. The van der Waals surface area contributed by atoms with E-state index in [9.17, 15) is 22.0 Å². The largest absolute Gasteiger partial charge is 0.386 e. The normalized spacial score (nSPS) is 23.5. The highest BCUT2D eigenvalue weighted by Gasteiger charge is 2.49. The second-order valence-electron chi connectivity index (χ2n) is 7.57. The van der Waals surface area contributed by atoms with Gasteiger partial charge in [0, 0.05) is 11.8 Å². The van der Waals surface area contributed by atoms with Gasteiger partial charge in [0.15, 0.2) is 15.7 Å². The molecular formula is C19H20F2N4O3S. The number of aromatic amines is 1. The van der Waals surface area contributed by atoms with Gasteiger partial charge >= 0.3 is 0 Å². The number of hydrogen-bond acceptors (Lipinski definition) is 6. The number of amidine groups is 1. The Kier molecular flexibility index (Phi) is 4.94. The molecule has 29 heavy (non-hydrogen) atoms. The van der Waals surface area contributed by atoms with Crippen molar-refractivity contribution in [2.75, 3.05) is 5.75 Å². The highest BCUT2D eigenvalue weighted by atomic mass is 32.2. The van der Waals surface area contributed by atoms with Crippen molar-refractivity contribution in [1.82, 2.24) is 9.97 Å². The van der Waals surface area contributed by atoms with Crippen molar-refractivity contribution >= 4 is 27.6 Å². The van der Waals surface area contributed by atoms with Crippen LogP contribution in [0, 0.1) is 5.82 Å². The van der Waals surface area contributed by atoms with Crippen LogP contribution in [0.15, 0.2) is 40.4 Å². The molecule has 154 valence electrons. The number of aliphatic imine (C=N–C) groups is 1. The van der Waals surface area contributed by atoms with Crippen LogP contribution in [0.4, 0.5) is 8.78 Å². The van der Waals surface area contributed by atoms with Crippen LogP contribution in [0.3, 0.4) is 0 Å². The van der Waals surface area contributed by atoms with E-state index in [0.29, 0.717) is 0 Å². The molecule has 7 nitrogen and oxygen atoms in total. The Bertz CT molecular complexity index is 1180. The van der Waals surface area contributed by atoms with Crippen molar-refractivity contribution in [3.63, 3.8) is 0 Å². The molecule has 1 aliphatic heterocycles. The molecule has 0 radical (unpaired) electrons. The Hall–Kier alpha value is -2.88. The number of benzene rings is 1. The molecule has 2 heterocycles. The topological polar surface area (TPSA) is 118 Å². The smallest absolute Gasteiger partial charge is 0.266 e. The lowest BCUT2D eigenvalue weighted by Gasteiger charge is -2.38. The fourth-order valence-electron chi connectivity index (χ4n) is 3.02. The van der Waals surface area contributed by atoms with E-state index >= 15 is 0 Å². The monoisotopic (exact) mass is 422 g/mol. The number of halogens is 2. The Morgan fingerprint density at radius 2 is 2.00 bits per heavy atom. The van der Waals surface area contributed by atoms with Crippen molar-refractivity contribution in [2.45, 2.75) is 31.1 Å². The van der Waals surface area contributed by atoms with Crippen molar-refractivity contribution in [3.05, 3.63) is 63.6 Å². The quantitative estimate of drug-likeness (QED) is 0.786. The molecular weight excluding hydrogens is 402 g/mol. The molecule has 0 bridgehead atoms. The standard InChI is InChI=1S/C19H20F2N4O3S/c1-18(2)17(22)25-19(3,10-29(18,27)28)12-6-11(4-5-13(12)20)7-14(21)15-8-24-16(26)9-23-15/h4-9H,10H2,1-3H3,(H2,22,25)(H,24,26)/b14-7-/t19-/m0/s1. The number of H-pyrrole nitrogens is 1. The summed E-state index contributed by atoms with van der Waals surface area (Å²) in [6.45, 7) is 4.37. The van der Waals surface area contributed by atoms with Gasteiger partial charge in [-0.25, -0.2) is 22.2 Å². The fraction of sp³-hybridized carbons (Fsp3) is 0.316. The van der Waals surface area contributed by atoms with Gasteiger partial charge in [-0.15, -0.1) is 0 Å². The molecule has 0 saturated heterocycles. The van der Waals surface area contributed by atoms with E-state index in [1.54, 1.807) is 0 Å². The van der Waals surface area contributed by atoms with E-state index in [1.165, 1.54) is 32.9 Å². The molecule has 0 amide bonds. The van der Waals surface area contributed by atoms with Crippen LogP contribution in [0.25, 0.3) is 11.9 Å². The van der Waals surface area contributed by atoms with Gasteiger partial charge in [0.05, 0.1) is 11.9 Å². The number of nitrogens with two attached hydrogens (primary N) is 1. The molecule has 0 aliphatic carbocycles. The average Bonchev–Trinajstić information content (AvgIpc) is 2.62. The summed E-state index contributed by atoms with van der Waals surface area (Å²) < 4.78 is 53.1. The fourth-order valence-corrected chi connectivity index (χ4v) is 4.70. The van der Waals surface area contributed by atoms with Crippen LogP contribution in [-0.4, -0.2) is 34.7 Å². The van der Waals surface area contributed by atoms with Crippen molar-refractivity contribution in [2.24, 2.45) is 10.7 Å². The first kappa shape index (κ1) is 20.8. The SMILES string of the molecule is CC1(C)C(N)=N[C@](C)(c2cc(/C=C(\F)c3c[nH]c(=O)cn3)ccc2F)CS1(=O)=O. The van der Waals surface area contributed by atoms with Gasteiger partial charge in [0.1, 0.15) is 27.6 Å². The van der Waals surface area contributed by atoms with Crippen LogP contribution in [-0.2, 0) is 15.4 Å². The minimum absolute atomic E-state index is 0.0181. The average molecular weight is 422 g/mol. The molecule has 3 rings (SSSR count). The molecule has 0 saturated carbocycles. The third-order valence-electron chi connectivity index (χ3n) is 5.01. The van der Waals surface area contributed by atoms with Gasteiger partial charge in [0.2, 0.25) is 0 Å². The number of rotatable bonds is 3. The Morgan fingerprint density at radius 3 is 2.59 bits per heavy atom. The van der Waals surface area contributed by atoms with Crippen molar-refractivity contribution < 1.29 is 17.2 Å². The first-order chi connectivity index (χ1) is 13.4. The zero-order valence-corrected chi connectivity index (χ0v) is 16.8. The lowest BCUT2D eigenvalue weighted by Crippen LogP contribution is -2.55. The molecule has 1 aliphatic rings. The second kappa shape index (κ2) is 6.87. The summed E-state index contributed by atoms with van der Waals surface area (Å²) in [7, 11) is -3.72. The molecule has 0 fully saturated rings. The van der Waals surface area contributed by atoms with Gasteiger partial charge in [-0.3, -0.25) is 9.79 Å². The van der Waals surface area contributed by atoms with Gasteiger partial charge in [-0.05, 0) is 44.5 Å². The van der Waals surface area contributed by atoms with E-state index in [2.05, 4.69) is 15.0 Å². The summed E-state index contributed by atoms with van der Waals surface area (Å²) in [4.78, 5) is 21.3. The molecule has 1 aromatic carbocycles. The second-order valence-corrected chi connectivity index (χ2v) is 10.1. The first-order valence-corrected chi connectivity index (χ1v) is 10.3. The van der Waals surface area contributed by atoms with Gasteiger partial charge in [-0.2, -0.15) is 0 Å². The summed E-state index contributed by atoms with van der Waals surface area (Å²) in [6, 6.07) is 3.77. The molecule has 1 atom stereocenters. The van der Waals surface area contributed by atoms with Crippen LogP contribution in [0.2, 0.25) is 0 Å². The highest BCUT2D eigenvalue weighted by molar-refractivity contribution is 7.93. The van der Waals surface area contributed by atoms with E-state index < -0.39 is 43.1 Å². The predicted molar refractivity (Wildman–Crippen MR) is 107 cm³/mol. The molecule has 0 spiro atoms. The van der Waals surface area contributed by atoms with Crippen LogP contribution in [0.1, 0.15) is 37.6 Å². The predicted octanol–water partition coefficient (Wildman–Crippen LogP) is 2.16. The number of hydrogen-bond donors (Lipinski definition) is 2. The Balaban J connectivity index is 2.08. The molecule has 3 N–H and O–H groups in total. The number of nitrogens with zero attached hydrogens (tertiary/aromatic N) is 2. The van der Waals surface area contributed by atoms with Crippen LogP contribution in [0.5, 0.6) is 0 Å². The molecule has 2 aromatic rings. The number of sulfone groups is 1. The maximum Gasteiger partial charge on any atom is 0.266 e. The zero-order valence-electron chi connectivity index (χ0n) is 16.0. The molecule has 0 unspecified atom stereocenters. The van der Waals surface area contributed by atoms with Crippen molar-refractivity contribution in [1.29, 1.82) is 0 Å². The summed E-state index contributed by atoms with van der Waals surface area (Å²) >= 11 is 0. The molecule has 10 heteroatoms. The van der Waals surface area contributed by atoms with Crippen LogP contribution < -0.4 is 11.3 Å². The maximum absolute atomic E-state index is 14.6. The van der Waals surface area contributed by atoms with Crippen LogP contribution >= 0.6 is 0 Å². The minimum atomic E-state index is -3.72. The van der Waals surface area contributed by atoms with Crippen molar-refractivity contribution in [3.8, 4) is 0 Å². The minimum Gasteiger partial charge on any atom is -0.386 e. The summed E-state index contributed by atoms with van der Waals surface area (Å²) in [5, 5.41) is 0. The summed E-state index contributed by atoms with van der Waals surface area (Å²) in [5.41, 5.74) is 4.11. The number of nitrogens with one attached hydrogen (secondary N) is 1. The van der Waals surface area contributed by atoms with Gasteiger partial charge in [0.25, 0.3) is 5.56 Å². The van der Waals surface area contributed by atoms with E-state index in [0.717, 1.165) is 24.5 Å². The molecule has 1 aromatic heterocycles. The summed E-state index contributed by atoms with van der Waals surface area (Å²) in [6.07, 6.45) is 3.15. The highest BCUT2D eigenvalue weighted by Crippen LogP contribution is 2.38. The summed E-state index contributed by atoms with van der Waals surface area (Å²) in [5.74, 6) is -2.00. The lowest BCUT2D eigenvalue weighted by atomic mass is 9.91. The van der Waals surface area contributed by atoms with E-state index in [4.69, 9.17) is 5.73 Å². The lowest BCUT2D eigenvalue weighted by molar-refractivity contribution is 0.475. The van der Waals surface area contributed by atoms with E-state index in [1.807, 2.05) is 0 Å². The third-order valence-corrected chi connectivity index (χ3v) is 7.72. The van der Waals surface area contributed by atoms with Gasteiger partial charge < -0.3 is 10.7 Å². The van der Waals surface area contributed by atoms with E-state index in [-0.39, 0.29) is 22.7 Å². The third kappa shape index (κ3) is 3.71. The Labute approximate surface area is 166 Å². The van der Waals surface area contributed by atoms with Gasteiger partial charge in [-0.1, -0.05) is 6.07 Å². The first-order valence-electron chi connectivity index (χ1n) is 8.66.